The van der Waals surface area contributed by atoms with E-state index in [1.165, 1.54) is 7.05 Å². The molecule has 0 aliphatic heterocycles. The number of carbonyl (C=O) groups is 4. The van der Waals surface area contributed by atoms with Gasteiger partial charge >= 0.3 is 6.03 Å². The van der Waals surface area contributed by atoms with Crippen LogP contribution in [0.15, 0.2) is 0 Å². The van der Waals surface area contributed by atoms with E-state index in [2.05, 4.69) is 5.32 Å². The highest BCUT2D eigenvalue weighted by Crippen LogP contribution is 2.27. The molecule has 0 saturated carbocycles. The van der Waals surface area contributed by atoms with Gasteiger partial charge in [0, 0.05) is 17.9 Å². The molecule has 0 saturated heterocycles. The highest BCUT2D eigenvalue weighted by atomic mass is 16.2. The van der Waals surface area contributed by atoms with Gasteiger partial charge < -0.3 is 5.32 Å². The Hall–Kier alpha value is -1.72. The number of nitrogens with one attached hydrogen (secondary N) is 2. The molecule has 0 radical (unpaired) electrons. The zero-order valence-electron chi connectivity index (χ0n) is 13.2. The van der Waals surface area contributed by atoms with Crippen molar-refractivity contribution in [2.24, 2.45) is 16.7 Å². The van der Waals surface area contributed by atoms with E-state index >= 15 is 0 Å². The Labute approximate surface area is 119 Å². The molecule has 0 fully saturated rings. The molecule has 0 atom stereocenters. The summed E-state index contributed by atoms with van der Waals surface area (Å²) in [5, 5.41) is 4.22. The predicted molar refractivity (Wildman–Crippen MR) is 75.0 cm³/mol. The number of hydrogen-bond donors (Lipinski definition) is 2. The van der Waals surface area contributed by atoms with Crippen LogP contribution < -0.4 is 10.6 Å². The predicted octanol–water partition coefficient (Wildman–Crippen LogP) is 1.29. The monoisotopic (exact) mass is 284 g/mol. The average molecular weight is 284 g/mol. The second-order valence-corrected chi connectivity index (χ2v) is 6.73. The molecule has 3 amide bonds. The Morgan fingerprint density at radius 1 is 0.800 bits per heavy atom. The van der Waals surface area contributed by atoms with Crippen LogP contribution in [0.2, 0.25) is 0 Å². The van der Waals surface area contributed by atoms with Gasteiger partial charge in [-0.25, -0.2) is 4.79 Å². The fraction of sp³-hybridized carbons (Fsp3) is 0.714. The highest BCUT2D eigenvalue weighted by Gasteiger charge is 2.44. The Morgan fingerprint density at radius 2 is 1.15 bits per heavy atom. The van der Waals surface area contributed by atoms with Crippen LogP contribution in [0.25, 0.3) is 0 Å². The van der Waals surface area contributed by atoms with Gasteiger partial charge in [0.25, 0.3) is 0 Å². The summed E-state index contributed by atoms with van der Waals surface area (Å²) in [6, 6.07) is -0.747. The normalized spacial score (nSPS) is 12.0. The van der Waals surface area contributed by atoms with Gasteiger partial charge in [-0.15, -0.1) is 0 Å². The minimum atomic E-state index is -1.48. The molecule has 0 aliphatic carbocycles. The smallest absolute Gasteiger partial charge is 0.321 e. The number of Topliss-reactive ketones (excluding diaryl/α,β-unsaturated/α-hetero) is 2. The van der Waals surface area contributed by atoms with E-state index in [-0.39, 0.29) is 0 Å². The van der Waals surface area contributed by atoms with Crippen molar-refractivity contribution in [3.63, 3.8) is 0 Å². The van der Waals surface area contributed by atoms with E-state index in [0.717, 1.165) is 0 Å². The van der Waals surface area contributed by atoms with Gasteiger partial charge in [-0.05, 0) is 0 Å². The van der Waals surface area contributed by atoms with Crippen LogP contribution in [0.3, 0.4) is 0 Å². The number of urea groups is 1. The first-order valence-corrected chi connectivity index (χ1v) is 6.43. The van der Waals surface area contributed by atoms with Crippen molar-refractivity contribution in [1.82, 2.24) is 10.6 Å². The van der Waals surface area contributed by atoms with E-state index < -0.39 is 40.3 Å². The minimum absolute atomic E-state index is 0.501. The van der Waals surface area contributed by atoms with Gasteiger partial charge in [-0.1, -0.05) is 41.5 Å². The largest absolute Gasteiger partial charge is 0.341 e. The average Bonchev–Trinajstić information content (AvgIpc) is 2.26. The van der Waals surface area contributed by atoms with Gasteiger partial charge in [-0.3, -0.25) is 19.7 Å². The molecule has 20 heavy (non-hydrogen) atoms. The molecular formula is C14H24N2O4. The lowest BCUT2D eigenvalue weighted by Crippen LogP contribution is -2.50. The molecule has 6 heteroatoms. The number of ketones is 2. The van der Waals surface area contributed by atoms with E-state index in [4.69, 9.17) is 0 Å². The molecule has 0 heterocycles. The summed E-state index contributed by atoms with van der Waals surface area (Å²) >= 11 is 0. The molecular weight excluding hydrogens is 260 g/mol. The summed E-state index contributed by atoms with van der Waals surface area (Å²) in [7, 11) is 1.34. The maximum Gasteiger partial charge on any atom is 0.321 e. The molecule has 0 aliphatic rings. The zero-order chi connectivity index (χ0) is 16.3. The van der Waals surface area contributed by atoms with Crippen LogP contribution in [0.5, 0.6) is 0 Å². The lowest BCUT2D eigenvalue weighted by atomic mass is 9.74. The third-order valence-corrected chi connectivity index (χ3v) is 2.73. The van der Waals surface area contributed by atoms with Gasteiger partial charge in [-0.2, -0.15) is 0 Å². The fourth-order valence-electron chi connectivity index (χ4n) is 1.47. The van der Waals surface area contributed by atoms with E-state index in [1.54, 1.807) is 41.5 Å². The van der Waals surface area contributed by atoms with Crippen LogP contribution in [-0.4, -0.2) is 30.6 Å². The van der Waals surface area contributed by atoms with Gasteiger partial charge in [0.2, 0.25) is 5.91 Å². The zero-order valence-corrected chi connectivity index (χ0v) is 13.2. The first kappa shape index (κ1) is 18.3. The second-order valence-electron chi connectivity index (χ2n) is 6.73. The molecule has 0 aromatic carbocycles. The minimum Gasteiger partial charge on any atom is -0.341 e. The SMILES string of the molecule is CNC(=O)NC(=O)C(C(=O)C(C)(C)C)C(=O)C(C)(C)C. The second kappa shape index (κ2) is 6.15. The van der Waals surface area contributed by atoms with E-state index in [0.29, 0.717) is 0 Å². The van der Waals surface area contributed by atoms with E-state index in [1.807, 2.05) is 5.32 Å². The van der Waals surface area contributed by atoms with Crippen molar-refractivity contribution in [2.75, 3.05) is 7.05 Å². The molecule has 114 valence electrons. The summed E-state index contributed by atoms with van der Waals surface area (Å²) < 4.78 is 0. The molecule has 0 aromatic rings. The number of carbonyl (C=O) groups excluding carboxylic acids is 4. The van der Waals surface area contributed by atoms with Crippen molar-refractivity contribution < 1.29 is 19.2 Å². The summed E-state index contributed by atoms with van der Waals surface area (Å²) in [4.78, 5) is 48.0. The summed E-state index contributed by atoms with van der Waals surface area (Å²) in [5.41, 5.74) is -1.71. The molecule has 0 aromatic heterocycles. The van der Waals surface area contributed by atoms with Crippen molar-refractivity contribution in [2.45, 2.75) is 41.5 Å². The summed E-state index contributed by atoms with van der Waals surface area (Å²) in [5.74, 6) is -3.37. The van der Waals surface area contributed by atoms with Crippen LogP contribution >= 0.6 is 0 Å². The molecule has 2 N–H and O–H groups in total. The van der Waals surface area contributed by atoms with Gasteiger partial charge in [0.05, 0.1) is 0 Å². The Balaban J connectivity index is 5.50. The molecule has 0 rings (SSSR count). The maximum absolute atomic E-state index is 12.4. The first-order chi connectivity index (χ1) is 8.82. The van der Waals surface area contributed by atoms with E-state index in [9.17, 15) is 19.2 Å². The first-order valence-electron chi connectivity index (χ1n) is 6.43. The van der Waals surface area contributed by atoms with Crippen LogP contribution in [0.4, 0.5) is 4.79 Å². The summed E-state index contributed by atoms with van der Waals surface area (Å²) in [6.45, 7) is 9.78. The van der Waals surface area contributed by atoms with Crippen LogP contribution in [-0.2, 0) is 14.4 Å². The quantitative estimate of drug-likeness (QED) is 0.764. The number of imide groups is 1. The fourth-order valence-corrected chi connectivity index (χ4v) is 1.47. The number of rotatable bonds is 3. The Morgan fingerprint density at radius 3 is 1.40 bits per heavy atom. The third kappa shape index (κ3) is 4.75. The van der Waals surface area contributed by atoms with Crippen molar-refractivity contribution in [3.8, 4) is 0 Å². The topological polar surface area (TPSA) is 92.3 Å². The van der Waals surface area contributed by atoms with Crippen molar-refractivity contribution >= 4 is 23.5 Å². The number of hydrogen-bond acceptors (Lipinski definition) is 4. The third-order valence-electron chi connectivity index (χ3n) is 2.73. The Kier molecular flexibility index (Phi) is 5.62. The lowest BCUT2D eigenvalue weighted by molar-refractivity contribution is -0.147. The van der Waals surface area contributed by atoms with Crippen LogP contribution in [0.1, 0.15) is 41.5 Å². The standard InChI is InChI=1S/C14H24N2O4/c1-13(2,3)9(17)8(10(18)14(4,5)6)11(19)16-12(20)15-7/h8H,1-7H3,(H2,15,16,19,20). The van der Waals surface area contributed by atoms with Crippen molar-refractivity contribution in [3.05, 3.63) is 0 Å². The molecule has 0 unspecified atom stereocenters. The molecule has 0 bridgehead atoms. The van der Waals surface area contributed by atoms with Crippen LogP contribution in [0, 0.1) is 16.7 Å². The van der Waals surface area contributed by atoms with Crippen molar-refractivity contribution in [1.29, 1.82) is 0 Å². The highest BCUT2D eigenvalue weighted by molar-refractivity contribution is 6.23. The maximum atomic E-state index is 12.4. The Bertz CT molecular complexity index is 401. The number of amides is 3. The molecule has 6 nitrogen and oxygen atoms in total. The van der Waals surface area contributed by atoms with Gasteiger partial charge in [0.15, 0.2) is 17.5 Å². The molecule has 0 spiro atoms. The lowest BCUT2D eigenvalue weighted by Gasteiger charge is -2.27. The van der Waals surface area contributed by atoms with Gasteiger partial charge in [0.1, 0.15) is 0 Å². The summed E-state index contributed by atoms with van der Waals surface area (Å²) in [6.07, 6.45) is 0.